The van der Waals surface area contributed by atoms with Crippen molar-refractivity contribution < 1.29 is 4.79 Å². The fourth-order valence-corrected chi connectivity index (χ4v) is 3.95. The Balaban J connectivity index is 1.48. The number of nitrogens with zero attached hydrogens (tertiary/aromatic N) is 6. The summed E-state index contributed by atoms with van der Waals surface area (Å²) in [6, 6.07) is 4.21. The Hall–Kier alpha value is -3.49. The standard InChI is InChI=1S/C20H22N8O/c1-3-15(29)28-7-5-14(10-28)25-18-16-20(24-11-23-18)27(2)19(26-16)13-8-12-4-6-21-17(12)22-9-13/h4,6,8-9,11,14H,3,5,7,10H2,1-2H3,(H,21,22)(H,23,24,25). The lowest BCUT2D eigenvalue weighted by Gasteiger charge is -2.16. The minimum atomic E-state index is 0.159. The van der Waals surface area contributed by atoms with Crippen LogP contribution in [0.5, 0.6) is 0 Å². The van der Waals surface area contributed by atoms with Crippen molar-refractivity contribution in [3.63, 3.8) is 0 Å². The van der Waals surface area contributed by atoms with Gasteiger partial charge in [-0.05, 0) is 18.6 Å². The van der Waals surface area contributed by atoms with Gasteiger partial charge in [0.2, 0.25) is 5.91 Å². The zero-order valence-corrected chi connectivity index (χ0v) is 16.4. The highest BCUT2D eigenvalue weighted by atomic mass is 16.2. The second-order valence-corrected chi connectivity index (χ2v) is 7.35. The summed E-state index contributed by atoms with van der Waals surface area (Å²) < 4.78 is 1.96. The third kappa shape index (κ3) is 2.98. The summed E-state index contributed by atoms with van der Waals surface area (Å²) in [5.41, 5.74) is 3.25. The molecule has 0 bridgehead atoms. The van der Waals surface area contributed by atoms with Crippen LogP contribution >= 0.6 is 0 Å². The lowest BCUT2D eigenvalue weighted by atomic mass is 10.2. The Bertz CT molecular complexity index is 1210. The third-order valence-electron chi connectivity index (χ3n) is 5.50. The minimum absolute atomic E-state index is 0.159. The number of likely N-dealkylation sites (tertiary alicyclic amines) is 1. The lowest BCUT2D eigenvalue weighted by molar-refractivity contribution is -0.129. The first-order chi connectivity index (χ1) is 14.1. The Morgan fingerprint density at radius 2 is 2.24 bits per heavy atom. The number of anilines is 1. The molecule has 0 saturated carbocycles. The predicted molar refractivity (Wildman–Crippen MR) is 110 cm³/mol. The number of imidazole rings is 1. The summed E-state index contributed by atoms with van der Waals surface area (Å²) >= 11 is 0. The largest absolute Gasteiger partial charge is 0.364 e. The summed E-state index contributed by atoms with van der Waals surface area (Å²) in [7, 11) is 1.94. The molecule has 1 aliphatic rings. The van der Waals surface area contributed by atoms with E-state index in [1.807, 2.05) is 41.9 Å². The number of aromatic amines is 1. The molecule has 5 heterocycles. The van der Waals surface area contributed by atoms with Gasteiger partial charge in [0.05, 0.1) is 0 Å². The summed E-state index contributed by atoms with van der Waals surface area (Å²) in [5.74, 6) is 1.67. The van der Waals surface area contributed by atoms with E-state index in [9.17, 15) is 4.79 Å². The number of hydrogen-bond acceptors (Lipinski definition) is 6. The normalized spacial score (nSPS) is 16.8. The van der Waals surface area contributed by atoms with E-state index < -0.39 is 0 Å². The molecule has 29 heavy (non-hydrogen) atoms. The average molecular weight is 390 g/mol. The Labute approximate surface area is 167 Å². The fraction of sp³-hybridized carbons (Fsp3) is 0.350. The third-order valence-corrected chi connectivity index (χ3v) is 5.50. The van der Waals surface area contributed by atoms with Gasteiger partial charge in [-0.25, -0.2) is 19.9 Å². The van der Waals surface area contributed by atoms with Crippen molar-refractivity contribution in [3.05, 3.63) is 30.9 Å². The number of rotatable bonds is 4. The molecule has 1 saturated heterocycles. The van der Waals surface area contributed by atoms with E-state index in [1.54, 1.807) is 6.33 Å². The SMILES string of the molecule is CCC(=O)N1CCC(Nc2ncnc3c2nc(-c2cnc4[nH]ccc4c2)n3C)C1. The first kappa shape index (κ1) is 17.6. The molecule has 9 nitrogen and oxygen atoms in total. The van der Waals surface area contributed by atoms with Gasteiger partial charge >= 0.3 is 0 Å². The molecule has 148 valence electrons. The summed E-state index contributed by atoms with van der Waals surface area (Å²) in [4.78, 5) is 35.1. The smallest absolute Gasteiger partial charge is 0.222 e. The molecule has 4 aromatic heterocycles. The van der Waals surface area contributed by atoms with E-state index in [0.717, 1.165) is 46.6 Å². The predicted octanol–water partition coefficient (Wildman–Crippen LogP) is 2.33. The van der Waals surface area contributed by atoms with Gasteiger partial charge in [-0.3, -0.25) is 4.79 Å². The van der Waals surface area contributed by atoms with Crippen molar-refractivity contribution in [2.24, 2.45) is 7.05 Å². The van der Waals surface area contributed by atoms with Gasteiger partial charge in [0.1, 0.15) is 17.8 Å². The molecule has 1 unspecified atom stereocenters. The highest BCUT2D eigenvalue weighted by Gasteiger charge is 2.26. The van der Waals surface area contributed by atoms with Gasteiger partial charge in [0, 0.05) is 55.9 Å². The highest BCUT2D eigenvalue weighted by molar-refractivity contribution is 5.88. The summed E-state index contributed by atoms with van der Waals surface area (Å²) in [5, 5.41) is 4.50. The van der Waals surface area contributed by atoms with E-state index in [4.69, 9.17) is 4.98 Å². The van der Waals surface area contributed by atoms with Crippen LogP contribution in [0.3, 0.4) is 0 Å². The topological polar surface area (TPSA) is 105 Å². The van der Waals surface area contributed by atoms with Gasteiger partial charge in [-0.15, -0.1) is 0 Å². The molecule has 1 fully saturated rings. The first-order valence-corrected chi connectivity index (χ1v) is 9.79. The number of carbonyl (C=O) groups excluding carboxylic acids is 1. The Kier molecular flexibility index (Phi) is 4.15. The highest BCUT2D eigenvalue weighted by Crippen LogP contribution is 2.28. The van der Waals surface area contributed by atoms with Gasteiger partial charge < -0.3 is 19.8 Å². The number of aromatic nitrogens is 6. The van der Waals surface area contributed by atoms with E-state index in [0.29, 0.717) is 18.8 Å². The number of nitrogens with one attached hydrogen (secondary N) is 2. The number of hydrogen-bond donors (Lipinski definition) is 2. The summed E-state index contributed by atoms with van der Waals surface area (Å²) in [6.07, 6.45) is 6.66. The van der Waals surface area contributed by atoms with Crippen molar-refractivity contribution in [1.29, 1.82) is 0 Å². The van der Waals surface area contributed by atoms with E-state index in [1.165, 1.54) is 0 Å². The van der Waals surface area contributed by atoms with Crippen LogP contribution in [-0.2, 0) is 11.8 Å². The molecule has 0 spiro atoms. The quantitative estimate of drug-likeness (QED) is 0.554. The average Bonchev–Trinajstić information content (AvgIpc) is 3.46. The zero-order chi connectivity index (χ0) is 20.0. The number of aryl methyl sites for hydroxylation is 1. The van der Waals surface area contributed by atoms with Gasteiger partial charge in [0.15, 0.2) is 17.0 Å². The van der Waals surface area contributed by atoms with Crippen molar-refractivity contribution in [3.8, 4) is 11.4 Å². The van der Waals surface area contributed by atoms with E-state index in [2.05, 4.69) is 31.3 Å². The molecule has 0 radical (unpaired) electrons. The number of fused-ring (bicyclic) bond motifs is 2. The number of pyridine rings is 1. The van der Waals surface area contributed by atoms with Crippen molar-refractivity contribution >= 4 is 33.9 Å². The maximum absolute atomic E-state index is 12.0. The molecular weight excluding hydrogens is 368 g/mol. The molecule has 1 amide bonds. The maximum Gasteiger partial charge on any atom is 0.222 e. The molecule has 5 rings (SSSR count). The van der Waals surface area contributed by atoms with Crippen molar-refractivity contribution in [1.82, 2.24) is 34.4 Å². The molecule has 0 aliphatic carbocycles. The molecule has 4 aromatic rings. The van der Waals surface area contributed by atoms with Crippen LogP contribution in [0, 0.1) is 0 Å². The number of amides is 1. The fourth-order valence-electron chi connectivity index (χ4n) is 3.95. The van der Waals surface area contributed by atoms with Gasteiger partial charge in [-0.2, -0.15) is 0 Å². The number of H-pyrrole nitrogens is 1. The van der Waals surface area contributed by atoms with Crippen LogP contribution < -0.4 is 5.32 Å². The van der Waals surface area contributed by atoms with E-state index in [-0.39, 0.29) is 11.9 Å². The first-order valence-electron chi connectivity index (χ1n) is 9.79. The van der Waals surface area contributed by atoms with Crippen LogP contribution in [-0.4, -0.2) is 59.4 Å². The molecule has 2 N–H and O–H groups in total. The van der Waals surface area contributed by atoms with E-state index >= 15 is 0 Å². The van der Waals surface area contributed by atoms with Gasteiger partial charge in [-0.1, -0.05) is 6.92 Å². The van der Waals surface area contributed by atoms with Gasteiger partial charge in [0.25, 0.3) is 0 Å². The molecule has 9 heteroatoms. The lowest BCUT2D eigenvalue weighted by Crippen LogP contribution is -2.31. The van der Waals surface area contributed by atoms with Crippen LogP contribution in [0.2, 0.25) is 0 Å². The second kappa shape index (κ2) is 6.84. The van der Waals surface area contributed by atoms with Crippen LogP contribution in [0.25, 0.3) is 33.6 Å². The molecular formula is C20H22N8O. The Morgan fingerprint density at radius 3 is 3.10 bits per heavy atom. The zero-order valence-electron chi connectivity index (χ0n) is 16.4. The van der Waals surface area contributed by atoms with Crippen LogP contribution in [0.1, 0.15) is 19.8 Å². The van der Waals surface area contributed by atoms with Crippen molar-refractivity contribution in [2.45, 2.75) is 25.8 Å². The molecule has 0 aromatic carbocycles. The molecule has 1 atom stereocenters. The number of carbonyl (C=O) groups is 1. The summed E-state index contributed by atoms with van der Waals surface area (Å²) in [6.45, 7) is 3.35. The molecule has 1 aliphatic heterocycles. The van der Waals surface area contributed by atoms with Crippen LogP contribution in [0.4, 0.5) is 5.82 Å². The van der Waals surface area contributed by atoms with Crippen LogP contribution in [0.15, 0.2) is 30.9 Å². The Morgan fingerprint density at radius 1 is 1.34 bits per heavy atom. The monoisotopic (exact) mass is 390 g/mol. The minimum Gasteiger partial charge on any atom is -0.364 e. The van der Waals surface area contributed by atoms with Crippen molar-refractivity contribution in [2.75, 3.05) is 18.4 Å². The maximum atomic E-state index is 12.0. The second-order valence-electron chi connectivity index (χ2n) is 7.35.